The molecular formula is C9H15N7. The Balaban J connectivity index is 2.39. The molecule has 0 unspecified atom stereocenters. The quantitative estimate of drug-likeness (QED) is 0.765. The van der Waals surface area contributed by atoms with Crippen LogP contribution in [0.25, 0.3) is 5.65 Å². The first-order valence-electron chi connectivity index (χ1n) is 5.04. The summed E-state index contributed by atoms with van der Waals surface area (Å²) in [6.45, 7) is 4.65. The molecule has 0 radical (unpaired) electrons. The molecule has 0 fully saturated rings. The van der Waals surface area contributed by atoms with Crippen LogP contribution in [0.4, 0.5) is 5.82 Å². The molecule has 0 aliphatic rings. The van der Waals surface area contributed by atoms with Crippen LogP contribution in [0.3, 0.4) is 0 Å². The van der Waals surface area contributed by atoms with Crippen molar-refractivity contribution in [3.8, 4) is 0 Å². The molecule has 16 heavy (non-hydrogen) atoms. The van der Waals surface area contributed by atoms with E-state index in [-0.39, 0.29) is 5.54 Å². The Labute approximate surface area is 93.2 Å². The van der Waals surface area contributed by atoms with E-state index in [2.05, 4.69) is 34.5 Å². The first-order valence-corrected chi connectivity index (χ1v) is 5.04. The number of nitrogens with zero attached hydrogens (tertiary/aromatic N) is 6. The molecule has 86 valence electrons. The van der Waals surface area contributed by atoms with Gasteiger partial charge < -0.3 is 10.6 Å². The van der Waals surface area contributed by atoms with Crippen LogP contribution in [0.5, 0.6) is 0 Å². The van der Waals surface area contributed by atoms with Gasteiger partial charge in [0.05, 0.1) is 0 Å². The Morgan fingerprint density at radius 2 is 2.19 bits per heavy atom. The maximum absolute atomic E-state index is 5.72. The summed E-state index contributed by atoms with van der Waals surface area (Å²) < 4.78 is 1.40. The van der Waals surface area contributed by atoms with Gasteiger partial charge in [0.2, 0.25) is 0 Å². The average molecular weight is 221 g/mol. The molecule has 2 rings (SSSR count). The van der Waals surface area contributed by atoms with E-state index in [1.807, 2.05) is 24.1 Å². The summed E-state index contributed by atoms with van der Waals surface area (Å²) >= 11 is 0. The van der Waals surface area contributed by atoms with Crippen molar-refractivity contribution in [2.45, 2.75) is 19.4 Å². The van der Waals surface area contributed by atoms with Crippen molar-refractivity contribution in [2.75, 3.05) is 18.5 Å². The Kier molecular flexibility index (Phi) is 2.47. The number of hydrogen-bond donors (Lipinski definition) is 1. The van der Waals surface area contributed by atoms with Gasteiger partial charge in [-0.1, -0.05) is 0 Å². The Morgan fingerprint density at radius 3 is 2.88 bits per heavy atom. The first-order chi connectivity index (χ1) is 7.54. The summed E-state index contributed by atoms with van der Waals surface area (Å²) in [7, 11) is 1.95. The van der Waals surface area contributed by atoms with E-state index >= 15 is 0 Å². The molecule has 0 aliphatic heterocycles. The van der Waals surface area contributed by atoms with Crippen molar-refractivity contribution < 1.29 is 0 Å². The van der Waals surface area contributed by atoms with Crippen LogP contribution < -0.4 is 10.6 Å². The van der Waals surface area contributed by atoms with E-state index in [1.165, 1.54) is 4.63 Å². The third-order valence-corrected chi connectivity index (χ3v) is 2.81. The second-order valence-electron chi connectivity index (χ2n) is 4.29. The van der Waals surface area contributed by atoms with Crippen LogP contribution >= 0.6 is 0 Å². The highest BCUT2D eigenvalue weighted by Crippen LogP contribution is 2.18. The third-order valence-electron chi connectivity index (χ3n) is 2.81. The van der Waals surface area contributed by atoms with Crippen molar-refractivity contribution in [2.24, 2.45) is 5.73 Å². The van der Waals surface area contributed by atoms with E-state index in [0.29, 0.717) is 12.2 Å². The number of nitrogens with two attached hydrogens (primary N) is 1. The number of hydrogen-bond acceptors (Lipinski definition) is 6. The van der Waals surface area contributed by atoms with Crippen LogP contribution in [-0.2, 0) is 0 Å². The molecule has 2 aromatic rings. The van der Waals surface area contributed by atoms with Crippen molar-refractivity contribution in [3.63, 3.8) is 0 Å². The second-order valence-corrected chi connectivity index (χ2v) is 4.29. The Hall–Kier alpha value is -1.76. The maximum atomic E-state index is 5.72. The van der Waals surface area contributed by atoms with Gasteiger partial charge in [-0.2, -0.15) is 0 Å². The fraction of sp³-hybridized carbons (Fsp3) is 0.556. The second kappa shape index (κ2) is 3.67. The normalized spacial score (nSPS) is 12.0. The van der Waals surface area contributed by atoms with Crippen molar-refractivity contribution >= 4 is 11.5 Å². The number of tetrazole rings is 1. The molecule has 2 aromatic heterocycles. The Bertz CT molecular complexity index is 489. The molecule has 0 bridgehead atoms. The van der Waals surface area contributed by atoms with Crippen molar-refractivity contribution in [3.05, 3.63) is 12.1 Å². The van der Waals surface area contributed by atoms with Gasteiger partial charge in [-0.3, -0.25) is 0 Å². The predicted octanol–water partition coefficient (Wildman–Crippen LogP) is -0.307. The molecule has 0 amide bonds. The van der Waals surface area contributed by atoms with Gasteiger partial charge in [0.25, 0.3) is 0 Å². The zero-order valence-electron chi connectivity index (χ0n) is 9.62. The summed E-state index contributed by atoms with van der Waals surface area (Å²) in [6.07, 6.45) is 0. The highest BCUT2D eigenvalue weighted by molar-refractivity contribution is 5.45. The fourth-order valence-electron chi connectivity index (χ4n) is 1.27. The molecule has 2 N–H and O–H groups in total. The molecule has 0 aromatic carbocycles. The van der Waals surface area contributed by atoms with Gasteiger partial charge in [0.15, 0.2) is 11.5 Å². The minimum absolute atomic E-state index is 0.158. The van der Waals surface area contributed by atoms with Gasteiger partial charge in [0, 0.05) is 19.1 Å². The van der Waals surface area contributed by atoms with Crippen LogP contribution in [0, 0.1) is 0 Å². The van der Waals surface area contributed by atoms with Gasteiger partial charge >= 0.3 is 0 Å². The zero-order valence-corrected chi connectivity index (χ0v) is 9.62. The molecule has 0 saturated heterocycles. The van der Waals surface area contributed by atoms with Crippen molar-refractivity contribution in [1.29, 1.82) is 0 Å². The van der Waals surface area contributed by atoms with Gasteiger partial charge in [0.1, 0.15) is 0 Å². The zero-order chi connectivity index (χ0) is 11.8. The van der Waals surface area contributed by atoms with Crippen LogP contribution in [0.2, 0.25) is 0 Å². The lowest BCUT2D eigenvalue weighted by atomic mass is 10.0. The van der Waals surface area contributed by atoms with Gasteiger partial charge in [-0.25, -0.2) is 0 Å². The average Bonchev–Trinajstić information content (AvgIpc) is 2.74. The molecule has 7 nitrogen and oxygen atoms in total. The standard InChI is InChI=1S/C9H15N7/c1-9(2,6-10)15(3)8-5-4-7-11-13-14-16(7)12-8/h4-5H,6,10H2,1-3H3. The SMILES string of the molecule is CN(c1ccc2nnnn2n1)C(C)(C)CN. The van der Waals surface area contributed by atoms with Gasteiger partial charge in [-0.05, 0) is 36.4 Å². The number of likely N-dealkylation sites (N-methyl/N-ethyl adjacent to an activating group) is 1. The predicted molar refractivity (Wildman–Crippen MR) is 60.1 cm³/mol. The minimum Gasteiger partial charge on any atom is -0.352 e. The number of aromatic nitrogens is 5. The molecule has 0 atom stereocenters. The fourth-order valence-corrected chi connectivity index (χ4v) is 1.27. The summed E-state index contributed by atoms with van der Waals surface area (Å²) in [5, 5.41) is 15.4. The highest BCUT2D eigenvalue weighted by Gasteiger charge is 2.23. The smallest absolute Gasteiger partial charge is 0.200 e. The van der Waals surface area contributed by atoms with E-state index in [1.54, 1.807) is 0 Å². The first kappa shape index (κ1) is 10.7. The van der Waals surface area contributed by atoms with Crippen molar-refractivity contribution in [1.82, 2.24) is 25.3 Å². The summed E-state index contributed by atoms with van der Waals surface area (Å²) in [4.78, 5) is 2.01. The van der Waals surface area contributed by atoms with Crippen LogP contribution in [0.15, 0.2) is 12.1 Å². The maximum Gasteiger partial charge on any atom is 0.200 e. The minimum atomic E-state index is -0.158. The molecule has 0 spiro atoms. The molecular weight excluding hydrogens is 206 g/mol. The molecule has 7 heteroatoms. The number of fused-ring (bicyclic) bond motifs is 1. The highest BCUT2D eigenvalue weighted by atomic mass is 15.6. The third kappa shape index (κ3) is 1.69. The van der Waals surface area contributed by atoms with Gasteiger partial charge in [-0.15, -0.1) is 14.8 Å². The van der Waals surface area contributed by atoms with E-state index in [0.717, 1.165) is 5.82 Å². The Morgan fingerprint density at radius 1 is 1.44 bits per heavy atom. The van der Waals surface area contributed by atoms with E-state index in [4.69, 9.17) is 5.73 Å². The lowest BCUT2D eigenvalue weighted by Gasteiger charge is -2.35. The monoisotopic (exact) mass is 221 g/mol. The summed E-state index contributed by atoms with van der Waals surface area (Å²) in [5.74, 6) is 0.787. The number of rotatable bonds is 3. The van der Waals surface area contributed by atoms with E-state index in [9.17, 15) is 0 Å². The lowest BCUT2D eigenvalue weighted by molar-refractivity contribution is 0.490. The summed E-state index contributed by atoms with van der Waals surface area (Å²) in [6, 6.07) is 3.70. The number of anilines is 1. The summed E-state index contributed by atoms with van der Waals surface area (Å²) in [5.41, 5.74) is 6.19. The van der Waals surface area contributed by atoms with Crippen LogP contribution in [-0.4, -0.2) is 44.4 Å². The van der Waals surface area contributed by atoms with E-state index < -0.39 is 0 Å². The molecule has 2 heterocycles. The molecule has 0 aliphatic carbocycles. The van der Waals surface area contributed by atoms with Crippen LogP contribution in [0.1, 0.15) is 13.8 Å². The lowest BCUT2D eigenvalue weighted by Crippen LogP contribution is -2.47. The molecule has 0 saturated carbocycles. The topological polar surface area (TPSA) is 85.2 Å². The largest absolute Gasteiger partial charge is 0.352 e.